The summed E-state index contributed by atoms with van der Waals surface area (Å²) in [6.45, 7) is 7.96. The molecule has 2 aliphatic rings. The van der Waals surface area contributed by atoms with Crippen LogP contribution in [0.2, 0.25) is 0 Å². The van der Waals surface area contributed by atoms with E-state index in [-0.39, 0.29) is 24.8 Å². The van der Waals surface area contributed by atoms with E-state index < -0.39 is 11.4 Å². The molecule has 3 rings (SSSR count). The molecule has 26 heavy (non-hydrogen) atoms. The highest BCUT2D eigenvalue weighted by Gasteiger charge is 2.42. The number of aromatic nitrogens is 1. The smallest absolute Gasteiger partial charge is 0.321 e. The molecular formula is C18H26N4O4. The summed E-state index contributed by atoms with van der Waals surface area (Å²) in [6.07, 6.45) is 2.39. The number of likely N-dealkylation sites (tertiary alicyclic amines) is 1. The highest BCUT2D eigenvalue weighted by Crippen LogP contribution is 2.30. The number of amides is 2. The number of aliphatic carboxylic acids is 1. The predicted molar refractivity (Wildman–Crippen MR) is 97.4 cm³/mol. The zero-order chi connectivity index (χ0) is 18.9. The molecule has 0 bridgehead atoms. The Balaban J connectivity index is 1.59. The molecule has 0 saturated carbocycles. The average Bonchev–Trinajstić information content (AvgIpc) is 2.99. The molecule has 3 unspecified atom stereocenters. The maximum atomic E-state index is 12.4. The van der Waals surface area contributed by atoms with Gasteiger partial charge in [0.05, 0.1) is 29.5 Å². The van der Waals surface area contributed by atoms with Crippen LogP contribution in [-0.2, 0) is 9.53 Å². The Morgan fingerprint density at radius 2 is 2.00 bits per heavy atom. The van der Waals surface area contributed by atoms with Gasteiger partial charge in [-0.2, -0.15) is 0 Å². The van der Waals surface area contributed by atoms with E-state index in [9.17, 15) is 14.7 Å². The molecule has 8 heteroatoms. The van der Waals surface area contributed by atoms with E-state index in [0.29, 0.717) is 18.7 Å². The first-order valence-corrected chi connectivity index (χ1v) is 8.92. The number of carboxylic acids is 1. The number of ether oxygens (including phenoxy) is 1. The van der Waals surface area contributed by atoms with Gasteiger partial charge in [0.25, 0.3) is 0 Å². The molecule has 8 nitrogen and oxygen atoms in total. The number of anilines is 2. The maximum absolute atomic E-state index is 12.4. The normalized spacial score (nSPS) is 28.9. The summed E-state index contributed by atoms with van der Waals surface area (Å²) in [5.41, 5.74) is -0.277. The summed E-state index contributed by atoms with van der Waals surface area (Å²) in [5, 5.41) is 12.1. The Labute approximate surface area is 153 Å². The molecule has 0 spiro atoms. The fourth-order valence-electron chi connectivity index (χ4n) is 3.52. The van der Waals surface area contributed by atoms with Crippen molar-refractivity contribution in [1.82, 2.24) is 9.88 Å². The quantitative estimate of drug-likeness (QED) is 0.854. The van der Waals surface area contributed by atoms with E-state index in [1.807, 2.05) is 26.0 Å². The van der Waals surface area contributed by atoms with Crippen molar-refractivity contribution < 1.29 is 19.4 Å². The first-order valence-electron chi connectivity index (χ1n) is 8.92. The summed E-state index contributed by atoms with van der Waals surface area (Å²) in [4.78, 5) is 31.8. The number of morpholine rings is 1. The van der Waals surface area contributed by atoms with Crippen molar-refractivity contribution in [2.24, 2.45) is 5.41 Å². The van der Waals surface area contributed by atoms with Crippen LogP contribution < -0.4 is 10.2 Å². The van der Waals surface area contributed by atoms with Crippen LogP contribution in [0, 0.1) is 5.41 Å². The Bertz CT molecular complexity index is 670. The fourth-order valence-corrected chi connectivity index (χ4v) is 3.52. The molecule has 3 heterocycles. The van der Waals surface area contributed by atoms with Crippen molar-refractivity contribution in [3.05, 3.63) is 18.3 Å². The SMILES string of the molecule is CC1CN(c2ccc(NC(=O)N3CCC(C)(C(=O)O)C3)cn2)CC(C)O1. The monoisotopic (exact) mass is 362 g/mol. The number of hydrogen-bond acceptors (Lipinski definition) is 5. The number of nitrogens with one attached hydrogen (secondary N) is 1. The average molecular weight is 362 g/mol. The van der Waals surface area contributed by atoms with Crippen molar-refractivity contribution in [3.63, 3.8) is 0 Å². The van der Waals surface area contributed by atoms with E-state index in [2.05, 4.69) is 15.2 Å². The lowest BCUT2D eigenvalue weighted by Gasteiger charge is -2.36. The fraction of sp³-hybridized carbons (Fsp3) is 0.611. The first-order chi connectivity index (χ1) is 12.3. The third kappa shape index (κ3) is 3.90. The molecule has 142 valence electrons. The highest BCUT2D eigenvalue weighted by molar-refractivity contribution is 5.90. The molecule has 2 amide bonds. The summed E-state index contributed by atoms with van der Waals surface area (Å²) >= 11 is 0. The van der Waals surface area contributed by atoms with Gasteiger partial charge in [0.15, 0.2) is 0 Å². The van der Waals surface area contributed by atoms with E-state index in [0.717, 1.165) is 18.9 Å². The molecule has 2 N–H and O–H groups in total. The van der Waals surface area contributed by atoms with Crippen LogP contribution in [0.3, 0.4) is 0 Å². The van der Waals surface area contributed by atoms with Crippen LogP contribution in [0.5, 0.6) is 0 Å². The van der Waals surface area contributed by atoms with Crippen molar-refractivity contribution in [3.8, 4) is 0 Å². The second kappa shape index (κ2) is 7.11. The van der Waals surface area contributed by atoms with E-state index in [1.54, 1.807) is 13.1 Å². The molecule has 2 fully saturated rings. The molecule has 0 aliphatic carbocycles. The topological polar surface area (TPSA) is 95.0 Å². The third-order valence-corrected chi connectivity index (χ3v) is 5.02. The predicted octanol–water partition coefficient (Wildman–Crippen LogP) is 2.02. The molecule has 2 aliphatic heterocycles. The largest absolute Gasteiger partial charge is 0.481 e. The molecule has 3 atom stereocenters. The van der Waals surface area contributed by atoms with Crippen molar-refractivity contribution in [2.45, 2.75) is 39.4 Å². The zero-order valence-corrected chi connectivity index (χ0v) is 15.4. The first kappa shape index (κ1) is 18.4. The molecule has 0 radical (unpaired) electrons. The van der Waals surface area contributed by atoms with Gasteiger partial charge in [0.2, 0.25) is 0 Å². The van der Waals surface area contributed by atoms with Crippen LogP contribution in [0.4, 0.5) is 16.3 Å². The van der Waals surface area contributed by atoms with Gasteiger partial charge in [-0.3, -0.25) is 4.79 Å². The second-order valence-corrected chi connectivity index (χ2v) is 7.53. The number of urea groups is 1. The Morgan fingerprint density at radius 1 is 1.31 bits per heavy atom. The van der Waals surface area contributed by atoms with Gasteiger partial charge >= 0.3 is 12.0 Å². The van der Waals surface area contributed by atoms with Gasteiger partial charge in [-0.15, -0.1) is 0 Å². The lowest BCUT2D eigenvalue weighted by atomic mass is 9.90. The number of carbonyl (C=O) groups excluding carboxylic acids is 1. The minimum absolute atomic E-state index is 0.152. The third-order valence-electron chi connectivity index (χ3n) is 5.02. The lowest BCUT2D eigenvalue weighted by molar-refractivity contribution is -0.146. The van der Waals surface area contributed by atoms with Crippen LogP contribution in [0.1, 0.15) is 27.2 Å². The number of carbonyl (C=O) groups is 2. The Kier molecular flexibility index (Phi) is 5.04. The van der Waals surface area contributed by atoms with Gasteiger partial charge in [0, 0.05) is 26.2 Å². The van der Waals surface area contributed by atoms with Gasteiger partial charge in [-0.25, -0.2) is 9.78 Å². The van der Waals surface area contributed by atoms with Crippen molar-refractivity contribution >= 4 is 23.5 Å². The molecule has 1 aromatic heterocycles. The Morgan fingerprint density at radius 3 is 2.54 bits per heavy atom. The summed E-state index contributed by atoms with van der Waals surface area (Å²) in [5.74, 6) is -0.0163. The summed E-state index contributed by atoms with van der Waals surface area (Å²) in [7, 11) is 0. The molecule has 1 aromatic rings. The zero-order valence-electron chi connectivity index (χ0n) is 15.4. The van der Waals surface area contributed by atoms with Crippen LogP contribution in [0.15, 0.2) is 18.3 Å². The minimum atomic E-state index is -0.872. The second-order valence-electron chi connectivity index (χ2n) is 7.53. The molecule has 0 aromatic carbocycles. The van der Waals surface area contributed by atoms with Crippen LogP contribution in [0.25, 0.3) is 0 Å². The van der Waals surface area contributed by atoms with Gasteiger partial charge in [-0.05, 0) is 39.3 Å². The molecule has 2 saturated heterocycles. The minimum Gasteiger partial charge on any atom is -0.481 e. The number of rotatable bonds is 3. The van der Waals surface area contributed by atoms with Crippen LogP contribution in [-0.4, -0.2) is 65.4 Å². The van der Waals surface area contributed by atoms with Crippen molar-refractivity contribution in [1.29, 1.82) is 0 Å². The number of nitrogens with zero attached hydrogens (tertiary/aromatic N) is 3. The van der Waals surface area contributed by atoms with Gasteiger partial charge in [0.1, 0.15) is 5.82 Å². The summed E-state index contributed by atoms with van der Waals surface area (Å²) < 4.78 is 5.73. The van der Waals surface area contributed by atoms with Gasteiger partial charge < -0.3 is 25.0 Å². The van der Waals surface area contributed by atoms with E-state index in [1.165, 1.54) is 4.90 Å². The highest BCUT2D eigenvalue weighted by atomic mass is 16.5. The Hall–Kier alpha value is -2.35. The van der Waals surface area contributed by atoms with E-state index >= 15 is 0 Å². The number of pyridine rings is 1. The standard InChI is InChI=1S/C18H26N4O4/c1-12-9-22(10-13(2)26-12)15-5-4-14(8-19-15)20-17(25)21-7-6-18(3,11-21)16(23)24/h4-5,8,12-13H,6-7,9-11H2,1-3H3,(H,20,25)(H,23,24). The lowest BCUT2D eigenvalue weighted by Crippen LogP contribution is -2.45. The maximum Gasteiger partial charge on any atom is 0.321 e. The number of carboxylic acid groups (broad SMARTS) is 1. The van der Waals surface area contributed by atoms with Crippen LogP contribution >= 0.6 is 0 Å². The van der Waals surface area contributed by atoms with Crippen molar-refractivity contribution in [2.75, 3.05) is 36.4 Å². The summed E-state index contributed by atoms with van der Waals surface area (Å²) in [6, 6.07) is 3.40. The molecular weight excluding hydrogens is 336 g/mol. The van der Waals surface area contributed by atoms with Gasteiger partial charge in [-0.1, -0.05) is 0 Å². The van der Waals surface area contributed by atoms with E-state index in [4.69, 9.17) is 4.74 Å². The number of hydrogen-bond donors (Lipinski definition) is 2.